The molecule has 0 aromatic carbocycles. The van der Waals surface area contributed by atoms with Crippen LogP contribution in [-0.4, -0.2) is 54.8 Å². The first-order valence-electron chi connectivity index (χ1n) is 5.92. The third-order valence-corrected chi connectivity index (χ3v) is 2.84. The van der Waals surface area contributed by atoms with Crippen molar-refractivity contribution in [2.45, 2.75) is 25.9 Å². The number of carbonyl (C=O) groups excluding carboxylic acids is 1. The Labute approximate surface area is 107 Å². The fourth-order valence-corrected chi connectivity index (χ4v) is 1.72. The van der Waals surface area contributed by atoms with Crippen LogP contribution >= 0.6 is 12.2 Å². The minimum Gasteiger partial charge on any atom is -0.465 e. The Balaban J connectivity index is 2.26. The molecule has 1 heterocycles. The van der Waals surface area contributed by atoms with Gasteiger partial charge >= 0.3 is 5.97 Å². The number of unbranched alkanes of at least 4 members (excludes halogenated alkanes) is 1. The van der Waals surface area contributed by atoms with Crippen LogP contribution in [0.1, 0.15) is 19.8 Å². The molecule has 6 heteroatoms. The van der Waals surface area contributed by atoms with E-state index in [0.717, 1.165) is 12.8 Å². The van der Waals surface area contributed by atoms with E-state index in [1.807, 2.05) is 4.90 Å². The fourth-order valence-electron chi connectivity index (χ4n) is 1.58. The zero-order valence-corrected chi connectivity index (χ0v) is 11.0. The van der Waals surface area contributed by atoms with E-state index in [1.165, 1.54) is 0 Å². The van der Waals surface area contributed by atoms with Gasteiger partial charge < -0.3 is 15.2 Å². The van der Waals surface area contributed by atoms with E-state index in [4.69, 9.17) is 27.4 Å². The third-order valence-electron chi connectivity index (χ3n) is 2.58. The normalized spacial score (nSPS) is 21.1. The molecule has 0 aliphatic carbocycles. The number of esters is 1. The first-order chi connectivity index (χ1) is 8.13. The summed E-state index contributed by atoms with van der Waals surface area (Å²) >= 11 is 4.88. The topological polar surface area (TPSA) is 64.8 Å². The molecule has 1 fully saturated rings. The molecule has 1 rings (SSSR count). The maximum atomic E-state index is 11.5. The van der Waals surface area contributed by atoms with E-state index in [1.54, 1.807) is 0 Å². The van der Waals surface area contributed by atoms with Crippen molar-refractivity contribution in [2.75, 3.05) is 32.8 Å². The molecule has 0 saturated carbocycles. The van der Waals surface area contributed by atoms with E-state index in [-0.39, 0.29) is 18.6 Å². The minimum atomic E-state index is -0.248. The summed E-state index contributed by atoms with van der Waals surface area (Å²) in [5.41, 5.74) is 5.52. The monoisotopic (exact) mass is 260 g/mol. The van der Waals surface area contributed by atoms with Crippen LogP contribution in [0.5, 0.6) is 0 Å². The van der Waals surface area contributed by atoms with Crippen molar-refractivity contribution in [3.05, 3.63) is 0 Å². The van der Waals surface area contributed by atoms with Crippen LogP contribution < -0.4 is 5.73 Å². The molecule has 0 amide bonds. The van der Waals surface area contributed by atoms with Crippen molar-refractivity contribution in [2.24, 2.45) is 5.73 Å². The van der Waals surface area contributed by atoms with Crippen LogP contribution in [0.3, 0.4) is 0 Å². The molecule has 1 aliphatic rings. The summed E-state index contributed by atoms with van der Waals surface area (Å²) in [6, 6.07) is 0. The molecule has 5 nitrogen and oxygen atoms in total. The number of morpholine rings is 1. The van der Waals surface area contributed by atoms with Crippen molar-refractivity contribution in [3.8, 4) is 0 Å². The Morgan fingerprint density at radius 2 is 2.41 bits per heavy atom. The van der Waals surface area contributed by atoms with Crippen molar-refractivity contribution in [1.82, 2.24) is 4.90 Å². The second kappa shape index (κ2) is 7.58. The Hall–Kier alpha value is -0.720. The Kier molecular flexibility index (Phi) is 6.39. The number of nitrogens with zero attached hydrogens (tertiary/aromatic N) is 1. The highest BCUT2D eigenvalue weighted by molar-refractivity contribution is 7.80. The number of hydrogen-bond donors (Lipinski definition) is 1. The smallest absolute Gasteiger partial charge is 0.320 e. The van der Waals surface area contributed by atoms with Crippen molar-refractivity contribution in [3.63, 3.8) is 0 Å². The van der Waals surface area contributed by atoms with Gasteiger partial charge in [0.2, 0.25) is 0 Å². The van der Waals surface area contributed by atoms with Gasteiger partial charge in [0, 0.05) is 13.1 Å². The van der Waals surface area contributed by atoms with E-state index in [0.29, 0.717) is 31.3 Å². The highest BCUT2D eigenvalue weighted by Gasteiger charge is 2.24. The zero-order chi connectivity index (χ0) is 12.7. The largest absolute Gasteiger partial charge is 0.465 e. The molecule has 1 atom stereocenters. The fraction of sp³-hybridized carbons (Fsp3) is 0.818. The Morgan fingerprint density at radius 1 is 1.65 bits per heavy atom. The van der Waals surface area contributed by atoms with Gasteiger partial charge in [0.15, 0.2) is 0 Å². The average Bonchev–Trinajstić information content (AvgIpc) is 2.29. The van der Waals surface area contributed by atoms with E-state index in [9.17, 15) is 4.79 Å². The minimum absolute atomic E-state index is 0.193. The summed E-state index contributed by atoms with van der Waals surface area (Å²) < 4.78 is 10.5. The molecule has 0 aromatic heterocycles. The summed E-state index contributed by atoms with van der Waals surface area (Å²) in [4.78, 5) is 13.8. The maximum absolute atomic E-state index is 11.5. The highest BCUT2D eigenvalue weighted by Crippen LogP contribution is 2.05. The number of thiocarbonyl (C=S) groups is 1. The lowest BCUT2D eigenvalue weighted by Gasteiger charge is -2.31. The molecule has 0 radical (unpaired) electrons. The number of hydrogen-bond acceptors (Lipinski definition) is 5. The van der Waals surface area contributed by atoms with Gasteiger partial charge in [-0.05, 0) is 6.42 Å². The molecule has 1 aliphatic heterocycles. The number of carbonyl (C=O) groups is 1. The summed E-state index contributed by atoms with van der Waals surface area (Å²) in [5, 5.41) is 0. The molecule has 98 valence electrons. The van der Waals surface area contributed by atoms with Crippen molar-refractivity contribution < 1.29 is 14.3 Å². The molecule has 0 aromatic rings. The van der Waals surface area contributed by atoms with E-state index < -0.39 is 0 Å². The summed E-state index contributed by atoms with van der Waals surface area (Å²) in [6.45, 7) is 4.66. The van der Waals surface area contributed by atoms with Gasteiger partial charge in [-0.1, -0.05) is 25.6 Å². The average molecular weight is 260 g/mol. The Bertz CT molecular complexity index is 273. The van der Waals surface area contributed by atoms with Crippen LogP contribution in [0.4, 0.5) is 0 Å². The second-order valence-corrected chi connectivity index (χ2v) is 4.54. The lowest BCUT2D eigenvalue weighted by atomic mass is 10.2. The molecule has 0 spiro atoms. The SMILES string of the molecule is CCCCOC(=O)CN1CCOC(C(N)=S)C1. The molecular formula is C11H20N2O3S. The lowest BCUT2D eigenvalue weighted by molar-refractivity contribution is -0.146. The first-order valence-corrected chi connectivity index (χ1v) is 6.33. The molecule has 2 N–H and O–H groups in total. The molecule has 1 saturated heterocycles. The summed E-state index contributed by atoms with van der Waals surface area (Å²) in [6.07, 6.45) is 1.68. The standard InChI is InChI=1S/C11H20N2O3S/c1-2-3-5-16-10(14)8-13-4-6-15-9(7-13)11(12)17/h9H,2-8H2,1H3,(H2,12,17). The molecular weight excluding hydrogens is 240 g/mol. The van der Waals surface area contributed by atoms with Gasteiger partial charge in [-0.15, -0.1) is 0 Å². The van der Waals surface area contributed by atoms with Gasteiger partial charge in [0.25, 0.3) is 0 Å². The van der Waals surface area contributed by atoms with Gasteiger partial charge in [-0.2, -0.15) is 0 Å². The van der Waals surface area contributed by atoms with Gasteiger partial charge in [-0.25, -0.2) is 0 Å². The predicted octanol–water partition coefficient (Wildman–Crippen LogP) is 0.317. The number of ether oxygens (including phenoxy) is 2. The van der Waals surface area contributed by atoms with Crippen LogP contribution in [0.2, 0.25) is 0 Å². The third kappa shape index (κ3) is 5.43. The zero-order valence-electron chi connectivity index (χ0n) is 10.2. The van der Waals surface area contributed by atoms with Crippen LogP contribution in [0.15, 0.2) is 0 Å². The Morgan fingerprint density at radius 3 is 3.06 bits per heavy atom. The second-order valence-electron chi connectivity index (χ2n) is 4.07. The first kappa shape index (κ1) is 14.3. The van der Waals surface area contributed by atoms with Gasteiger partial charge in [0.05, 0.1) is 19.8 Å². The predicted molar refractivity (Wildman–Crippen MR) is 68.8 cm³/mol. The van der Waals surface area contributed by atoms with E-state index >= 15 is 0 Å². The van der Waals surface area contributed by atoms with Gasteiger partial charge in [0.1, 0.15) is 11.1 Å². The van der Waals surface area contributed by atoms with Gasteiger partial charge in [-0.3, -0.25) is 9.69 Å². The van der Waals surface area contributed by atoms with Crippen LogP contribution in [0, 0.1) is 0 Å². The van der Waals surface area contributed by atoms with Crippen molar-refractivity contribution in [1.29, 1.82) is 0 Å². The highest BCUT2D eigenvalue weighted by atomic mass is 32.1. The van der Waals surface area contributed by atoms with Crippen LogP contribution in [0.25, 0.3) is 0 Å². The summed E-state index contributed by atoms with van der Waals surface area (Å²) in [7, 11) is 0. The molecule has 1 unspecified atom stereocenters. The number of rotatable bonds is 6. The summed E-state index contributed by atoms with van der Waals surface area (Å²) in [5.74, 6) is -0.193. The molecule has 17 heavy (non-hydrogen) atoms. The lowest BCUT2D eigenvalue weighted by Crippen LogP contribution is -2.49. The quantitative estimate of drug-likeness (QED) is 0.421. The van der Waals surface area contributed by atoms with Crippen LogP contribution in [-0.2, 0) is 14.3 Å². The van der Waals surface area contributed by atoms with Crippen molar-refractivity contribution >= 4 is 23.2 Å². The maximum Gasteiger partial charge on any atom is 0.320 e. The molecule has 0 bridgehead atoms. The number of nitrogens with two attached hydrogens (primary N) is 1. The van der Waals surface area contributed by atoms with E-state index in [2.05, 4.69) is 6.92 Å².